The van der Waals surface area contributed by atoms with E-state index in [0.717, 1.165) is 59.8 Å². The number of para-hydroxylation sites is 3. The average Bonchev–Trinajstić information content (AvgIpc) is 3.67. The summed E-state index contributed by atoms with van der Waals surface area (Å²) in [6.07, 6.45) is 1.72. The highest BCUT2D eigenvalue weighted by Gasteiger charge is 2.18. The van der Waals surface area contributed by atoms with Crippen LogP contribution in [-0.2, 0) is 13.1 Å². The zero-order valence-electron chi connectivity index (χ0n) is 28.4. The number of pyridine rings is 2. The number of aliphatic hydroxyl groups is 2. The van der Waals surface area contributed by atoms with E-state index in [4.69, 9.17) is 14.7 Å². The van der Waals surface area contributed by atoms with E-state index in [-0.39, 0.29) is 13.2 Å². The molecular weight excluding hydrogens is 732 g/mol. The predicted molar refractivity (Wildman–Crippen MR) is 207 cm³/mol. The van der Waals surface area contributed by atoms with E-state index in [1.54, 1.807) is 12.4 Å². The highest BCUT2D eigenvalue weighted by molar-refractivity contribution is 9.10. The third-order valence-corrected chi connectivity index (χ3v) is 9.18. The molecule has 0 bridgehead atoms. The second-order valence-electron chi connectivity index (χ2n) is 12.4. The first-order chi connectivity index (χ1) is 25.9. The molecule has 4 aromatic heterocycles. The maximum atomic E-state index is 10.5. The monoisotopic (exact) mass is 764 g/mol. The van der Waals surface area contributed by atoms with Crippen molar-refractivity contribution in [1.82, 2.24) is 19.1 Å². The first kappa shape index (κ1) is 35.2. The van der Waals surface area contributed by atoms with Gasteiger partial charge in [0.15, 0.2) is 0 Å². The van der Waals surface area contributed by atoms with Gasteiger partial charge in [-0.25, -0.2) is 9.97 Å². The molecule has 8 rings (SSSR count). The Hall–Kier alpha value is -6.24. The molecule has 4 heterocycles. The van der Waals surface area contributed by atoms with Gasteiger partial charge < -0.3 is 28.8 Å². The number of hydrogen-bond donors (Lipinski definition) is 2. The molecule has 0 amide bonds. The molecule has 0 aliphatic carbocycles. The minimum Gasteiger partial charge on any atom is -0.491 e. The van der Waals surface area contributed by atoms with Crippen LogP contribution in [0, 0.1) is 22.7 Å². The highest BCUT2D eigenvalue weighted by atomic mass is 79.9. The molecule has 4 aromatic carbocycles. The van der Waals surface area contributed by atoms with Crippen molar-refractivity contribution in [2.75, 3.05) is 13.2 Å². The molecule has 0 aliphatic heterocycles. The highest BCUT2D eigenvalue weighted by Crippen LogP contribution is 2.31. The van der Waals surface area contributed by atoms with E-state index in [1.165, 1.54) is 0 Å². The number of nitrogens with zero attached hydrogens (tertiary/aromatic N) is 6. The van der Waals surface area contributed by atoms with E-state index in [9.17, 15) is 15.5 Å². The molecule has 2 atom stereocenters. The Morgan fingerprint density at radius 2 is 1.06 bits per heavy atom. The predicted octanol–water partition coefficient (Wildman–Crippen LogP) is 7.76. The standard InChI is InChI=1S/C21H16BrN3O2.C21H17N3O2/c22-15-6-7-20-18(9-15)19-8-14(10-23)11-24-21(19)25(20)12-16(26)13-27-17-4-2-1-3-5-17;22-11-15-10-19-18-8-4-5-9-20(18)24(21(19)23-12-15)13-16(25)14-26-17-6-2-1-3-7-17/h1-9,11,16,26H,12-13H2;1-10,12,16,25H,13-14H2. The second kappa shape index (κ2) is 16.0. The van der Waals surface area contributed by atoms with Crippen molar-refractivity contribution in [2.24, 2.45) is 0 Å². The fourth-order valence-corrected chi connectivity index (χ4v) is 6.66. The largest absolute Gasteiger partial charge is 0.491 e. The van der Waals surface area contributed by atoms with Crippen LogP contribution in [0.25, 0.3) is 43.9 Å². The van der Waals surface area contributed by atoms with Crippen molar-refractivity contribution in [3.63, 3.8) is 0 Å². The van der Waals surface area contributed by atoms with E-state index >= 15 is 0 Å². The van der Waals surface area contributed by atoms with Gasteiger partial charge in [0.25, 0.3) is 0 Å². The van der Waals surface area contributed by atoms with Gasteiger partial charge in [-0.05, 0) is 60.7 Å². The fourth-order valence-electron chi connectivity index (χ4n) is 6.30. The van der Waals surface area contributed by atoms with Gasteiger partial charge in [-0.1, -0.05) is 70.5 Å². The van der Waals surface area contributed by atoms with Crippen LogP contribution in [0.5, 0.6) is 11.5 Å². The molecule has 0 saturated carbocycles. The summed E-state index contributed by atoms with van der Waals surface area (Å²) in [5.41, 5.74) is 4.45. The summed E-state index contributed by atoms with van der Waals surface area (Å²) >= 11 is 3.50. The van der Waals surface area contributed by atoms with E-state index < -0.39 is 12.2 Å². The number of nitriles is 2. The zero-order valence-corrected chi connectivity index (χ0v) is 30.0. The molecule has 2 unspecified atom stereocenters. The summed E-state index contributed by atoms with van der Waals surface area (Å²) in [7, 11) is 0. The van der Waals surface area contributed by atoms with Crippen LogP contribution in [0.4, 0.5) is 0 Å². The van der Waals surface area contributed by atoms with Crippen molar-refractivity contribution in [1.29, 1.82) is 10.5 Å². The summed E-state index contributed by atoms with van der Waals surface area (Å²) in [6, 6.07) is 40.6. The first-order valence-electron chi connectivity index (χ1n) is 16.9. The minimum absolute atomic E-state index is 0.179. The van der Waals surface area contributed by atoms with Crippen LogP contribution in [0.15, 0.2) is 132 Å². The van der Waals surface area contributed by atoms with Gasteiger partial charge in [0, 0.05) is 38.4 Å². The Labute approximate surface area is 313 Å². The molecule has 10 nitrogen and oxygen atoms in total. The van der Waals surface area contributed by atoms with Gasteiger partial charge >= 0.3 is 0 Å². The fraction of sp³-hybridized carbons (Fsp3) is 0.143. The topological polar surface area (TPSA) is 142 Å². The summed E-state index contributed by atoms with van der Waals surface area (Å²) in [5.74, 6) is 1.45. The first-order valence-corrected chi connectivity index (χ1v) is 17.7. The van der Waals surface area contributed by atoms with Crippen molar-refractivity contribution in [2.45, 2.75) is 25.3 Å². The van der Waals surface area contributed by atoms with Gasteiger partial charge in [-0.3, -0.25) is 0 Å². The molecule has 8 aromatic rings. The van der Waals surface area contributed by atoms with Crippen LogP contribution in [0.3, 0.4) is 0 Å². The summed E-state index contributed by atoms with van der Waals surface area (Å²) in [6.45, 7) is 1.06. The normalized spacial score (nSPS) is 12.2. The maximum absolute atomic E-state index is 10.5. The van der Waals surface area contributed by atoms with Crippen molar-refractivity contribution >= 4 is 59.8 Å². The molecule has 0 fully saturated rings. The summed E-state index contributed by atoms with van der Waals surface area (Å²) in [5, 5.41) is 43.1. The molecule has 0 aliphatic rings. The zero-order chi connectivity index (χ0) is 36.7. The van der Waals surface area contributed by atoms with Gasteiger partial charge in [0.05, 0.1) is 35.2 Å². The van der Waals surface area contributed by atoms with Crippen molar-refractivity contribution in [3.8, 4) is 23.6 Å². The number of halogens is 1. The average molecular weight is 766 g/mol. The Balaban J connectivity index is 0.000000164. The Morgan fingerprint density at radius 1 is 0.585 bits per heavy atom. The third kappa shape index (κ3) is 7.83. The SMILES string of the molecule is N#Cc1cnc2c(c1)c1cc(Br)ccc1n2CC(O)COc1ccccc1.N#Cc1cnc2c(c1)c1ccccc1n2CC(O)COc1ccccc1. The van der Waals surface area contributed by atoms with Gasteiger partial charge in [0.2, 0.25) is 0 Å². The molecule has 2 N–H and O–H groups in total. The quantitative estimate of drug-likeness (QED) is 0.144. The third-order valence-electron chi connectivity index (χ3n) is 8.69. The number of aromatic nitrogens is 4. The lowest BCUT2D eigenvalue weighted by molar-refractivity contribution is 0.0943. The number of benzene rings is 4. The lowest BCUT2D eigenvalue weighted by Gasteiger charge is -2.14. The number of rotatable bonds is 10. The smallest absolute Gasteiger partial charge is 0.141 e. The van der Waals surface area contributed by atoms with E-state index in [1.807, 2.05) is 124 Å². The number of aliphatic hydroxyl groups excluding tert-OH is 2. The molecular formula is C42H33BrN6O4. The summed E-state index contributed by atoms with van der Waals surface area (Å²) in [4.78, 5) is 8.91. The Kier molecular flexibility index (Phi) is 10.6. The van der Waals surface area contributed by atoms with E-state index in [0.29, 0.717) is 24.2 Å². The molecule has 11 heteroatoms. The van der Waals surface area contributed by atoms with Crippen LogP contribution in [0.1, 0.15) is 11.1 Å². The van der Waals surface area contributed by atoms with Crippen LogP contribution >= 0.6 is 15.9 Å². The van der Waals surface area contributed by atoms with Crippen LogP contribution < -0.4 is 9.47 Å². The lowest BCUT2D eigenvalue weighted by atomic mass is 10.1. The molecule has 262 valence electrons. The Morgan fingerprint density at radius 3 is 1.58 bits per heavy atom. The number of hydrogen-bond acceptors (Lipinski definition) is 8. The van der Waals surface area contributed by atoms with E-state index in [2.05, 4.69) is 38.0 Å². The van der Waals surface area contributed by atoms with Crippen LogP contribution in [-0.4, -0.2) is 54.7 Å². The maximum Gasteiger partial charge on any atom is 0.141 e. The van der Waals surface area contributed by atoms with Crippen molar-refractivity contribution < 1.29 is 19.7 Å². The lowest BCUT2D eigenvalue weighted by Crippen LogP contribution is -2.23. The van der Waals surface area contributed by atoms with Gasteiger partial charge in [-0.2, -0.15) is 10.5 Å². The van der Waals surface area contributed by atoms with Gasteiger partial charge in [0.1, 0.15) is 60.4 Å². The second-order valence-corrected chi connectivity index (χ2v) is 13.3. The number of ether oxygens (including phenoxy) is 2. The number of fused-ring (bicyclic) bond motifs is 6. The summed E-state index contributed by atoms with van der Waals surface area (Å²) < 4.78 is 16.2. The Bertz CT molecular complexity index is 2610. The molecule has 0 spiro atoms. The molecule has 0 saturated heterocycles. The minimum atomic E-state index is -0.704. The molecule has 53 heavy (non-hydrogen) atoms. The van der Waals surface area contributed by atoms with Gasteiger partial charge in [-0.15, -0.1) is 0 Å². The van der Waals surface area contributed by atoms with Crippen LogP contribution in [0.2, 0.25) is 0 Å². The van der Waals surface area contributed by atoms with Crippen molar-refractivity contribution in [3.05, 3.63) is 143 Å². The molecule has 0 radical (unpaired) electrons.